The number of amides is 2. The fourth-order valence-corrected chi connectivity index (χ4v) is 4.88. The molecule has 0 spiro atoms. The molecule has 0 atom stereocenters. The van der Waals surface area contributed by atoms with Gasteiger partial charge >= 0.3 is 0 Å². The molecule has 2 aromatic rings. The van der Waals surface area contributed by atoms with E-state index in [0.717, 1.165) is 49.9 Å². The van der Waals surface area contributed by atoms with E-state index >= 15 is 0 Å². The standard InChI is InChI=1S/C25H35N5O5S/c1-3-9-35-19-15-30(16-19)25-28-22(17-36-25)24(32)27-21-5-4-18(14-29-7-11-34-12-8-29)13-20(21)23(31)26-6-10-33-2/h4-5,13,17,19H,3,6-12,14-16H2,1-2H3,(H,26,31)(H,27,32). The lowest BCUT2D eigenvalue weighted by atomic mass is 10.1. The number of nitrogens with one attached hydrogen (secondary N) is 2. The van der Waals surface area contributed by atoms with Gasteiger partial charge in [-0.05, 0) is 24.1 Å². The monoisotopic (exact) mass is 517 g/mol. The number of benzene rings is 1. The van der Waals surface area contributed by atoms with E-state index in [1.807, 2.05) is 12.1 Å². The third-order valence-corrected chi connectivity index (χ3v) is 6.98. The Bertz CT molecular complexity index is 1020. The van der Waals surface area contributed by atoms with Crippen molar-refractivity contribution in [1.29, 1.82) is 0 Å². The zero-order valence-corrected chi connectivity index (χ0v) is 21.8. The van der Waals surface area contributed by atoms with Crippen molar-refractivity contribution in [3.05, 3.63) is 40.4 Å². The van der Waals surface area contributed by atoms with Crippen molar-refractivity contribution in [1.82, 2.24) is 15.2 Å². The first-order chi connectivity index (χ1) is 17.6. The predicted octanol–water partition coefficient (Wildman–Crippen LogP) is 2.22. The molecule has 196 valence electrons. The molecule has 1 aromatic carbocycles. The van der Waals surface area contributed by atoms with Gasteiger partial charge in [-0.15, -0.1) is 11.3 Å². The van der Waals surface area contributed by atoms with Crippen molar-refractivity contribution in [3.63, 3.8) is 0 Å². The van der Waals surface area contributed by atoms with Crippen LogP contribution in [-0.4, -0.2) is 94.1 Å². The predicted molar refractivity (Wildman–Crippen MR) is 139 cm³/mol. The highest BCUT2D eigenvalue weighted by Gasteiger charge is 2.30. The molecule has 0 saturated carbocycles. The van der Waals surface area contributed by atoms with Crippen molar-refractivity contribution in [2.45, 2.75) is 26.0 Å². The van der Waals surface area contributed by atoms with Crippen LogP contribution in [0.2, 0.25) is 0 Å². The molecule has 2 fully saturated rings. The number of anilines is 2. The molecular weight excluding hydrogens is 482 g/mol. The van der Waals surface area contributed by atoms with Crippen molar-refractivity contribution in [2.24, 2.45) is 0 Å². The molecule has 1 aromatic heterocycles. The fourth-order valence-electron chi connectivity index (χ4n) is 4.05. The van der Waals surface area contributed by atoms with Crippen molar-refractivity contribution in [2.75, 3.05) is 76.5 Å². The van der Waals surface area contributed by atoms with Crippen LogP contribution in [-0.2, 0) is 20.8 Å². The highest BCUT2D eigenvalue weighted by molar-refractivity contribution is 7.14. The van der Waals surface area contributed by atoms with Gasteiger partial charge < -0.3 is 29.7 Å². The molecule has 2 N–H and O–H groups in total. The van der Waals surface area contributed by atoms with Gasteiger partial charge in [0.1, 0.15) is 5.69 Å². The van der Waals surface area contributed by atoms with E-state index in [1.165, 1.54) is 11.3 Å². The lowest BCUT2D eigenvalue weighted by molar-refractivity contribution is 0.0341. The van der Waals surface area contributed by atoms with Gasteiger partial charge in [0.15, 0.2) is 5.13 Å². The number of rotatable bonds is 12. The molecule has 2 saturated heterocycles. The Balaban J connectivity index is 1.42. The van der Waals surface area contributed by atoms with Gasteiger partial charge in [-0.25, -0.2) is 4.98 Å². The molecule has 0 aliphatic carbocycles. The molecule has 0 unspecified atom stereocenters. The summed E-state index contributed by atoms with van der Waals surface area (Å²) < 4.78 is 16.2. The Hall–Kier alpha value is -2.57. The van der Waals surface area contributed by atoms with E-state index in [2.05, 4.69) is 32.3 Å². The van der Waals surface area contributed by atoms with Crippen LogP contribution in [0.4, 0.5) is 10.8 Å². The number of nitrogens with zero attached hydrogens (tertiary/aromatic N) is 3. The lowest BCUT2D eigenvalue weighted by Gasteiger charge is -2.38. The summed E-state index contributed by atoms with van der Waals surface area (Å²) in [5, 5.41) is 8.29. The van der Waals surface area contributed by atoms with Crippen LogP contribution in [0.15, 0.2) is 23.6 Å². The van der Waals surface area contributed by atoms with E-state index in [1.54, 1.807) is 18.6 Å². The van der Waals surface area contributed by atoms with Crippen LogP contribution < -0.4 is 15.5 Å². The third-order valence-electron chi connectivity index (χ3n) is 6.08. The van der Waals surface area contributed by atoms with E-state index in [4.69, 9.17) is 14.2 Å². The minimum absolute atomic E-state index is 0.223. The highest BCUT2D eigenvalue weighted by atomic mass is 32.1. The van der Waals surface area contributed by atoms with Gasteiger partial charge in [-0.3, -0.25) is 14.5 Å². The minimum atomic E-state index is -0.344. The highest BCUT2D eigenvalue weighted by Crippen LogP contribution is 2.27. The van der Waals surface area contributed by atoms with Crippen LogP contribution in [0.1, 0.15) is 39.8 Å². The second kappa shape index (κ2) is 13.1. The Morgan fingerprint density at radius 1 is 1.19 bits per heavy atom. The summed E-state index contributed by atoms with van der Waals surface area (Å²) in [7, 11) is 1.58. The Labute approximate surface area is 215 Å². The molecule has 10 nitrogen and oxygen atoms in total. The zero-order valence-electron chi connectivity index (χ0n) is 21.0. The minimum Gasteiger partial charge on any atom is -0.383 e. The lowest BCUT2D eigenvalue weighted by Crippen LogP contribution is -2.52. The first-order valence-electron chi connectivity index (χ1n) is 12.4. The number of hydrogen-bond donors (Lipinski definition) is 2. The molecule has 11 heteroatoms. The second-order valence-electron chi connectivity index (χ2n) is 8.88. The summed E-state index contributed by atoms with van der Waals surface area (Å²) >= 11 is 1.43. The van der Waals surface area contributed by atoms with E-state index in [-0.39, 0.29) is 17.9 Å². The van der Waals surface area contributed by atoms with Gasteiger partial charge in [-0.1, -0.05) is 13.0 Å². The molecular formula is C25H35N5O5S. The number of thiazole rings is 1. The van der Waals surface area contributed by atoms with E-state index in [9.17, 15) is 9.59 Å². The number of carbonyl (C=O) groups excluding carboxylic acids is 2. The van der Waals surface area contributed by atoms with Gasteiger partial charge in [0, 0.05) is 58.4 Å². The van der Waals surface area contributed by atoms with Crippen LogP contribution in [0.25, 0.3) is 0 Å². The fraction of sp³-hybridized carbons (Fsp3) is 0.560. The molecule has 0 radical (unpaired) electrons. The second-order valence-corrected chi connectivity index (χ2v) is 9.72. The quantitative estimate of drug-likeness (QED) is 0.413. The average molecular weight is 518 g/mol. The summed E-state index contributed by atoms with van der Waals surface area (Å²) in [6, 6.07) is 5.58. The van der Waals surface area contributed by atoms with Crippen molar-refractivity contribution >= 4 is 34.0 Å². The number of methoxy groups -OCH3 is 1. The maximum atomic E-state index is 13.0. The van der Waals surface area contributed by atoms with Gasteiger partial charge in [0.05, 0.1) is 37.2 Å². The Morgan fingerprint density at radius 3 is 2.75 bits per heavy atom. The number of carbonyl (C=O) groups is 2. The Kier molecular flexibility index (Phi) is 9.65. The van der Waals surface area contributed by atoms with Crippen LogP contribution in [0.5, 0.6) is 0 Å². The first kappa shape index (κ1) is 26.5. The number of morpholine rings is 1. The topological polar surface area (TPSA) is 105 Å². The van der Waals surface area contributed by atoms with Crippen LogP contribution in [0, 0.1) is 0 Å². The van der Waals surface area contributed by atoms with Gasteiger partial charge in [0.25, 0.3) is 11.8 Å². The number of hydrogen-bond acceptors (Lipinski definition) is 9. The normalized spacial score (nSPS) is 16.6. The maximum absolute atomic E-state index is 13.0. The summed E-state index contributed by atoms with van der Waals surface area (Å²) in [6.45, 7) is 9.03. The number of ether oxygens (including phenoxy) is 3. The smallest absolute Gasteiger partial charge is 0.275 e. The summed E-state index contributed by atoms with van der Waals surface area (Å²) in [5.74, 6) is -0.604. The molecule has 2 aliphatic heterocycles. The number of aromatic nitrogens is 1. The first-order valence-corrected chi connectivity index (χ1v) is 13.3. The van der Waals surface area contributed by atoms with Gasteiger partial charge in [-0.2, -0.15) is 0 Å². The maximum Gasteiger partial charge on any atom is 0.275 e. The summed E-state index contributed by atoms with van der Waals surface area (Å²) in [6.07, 6.45) is 1.22. The van der Waals surface area contributed by atoms with Crippen LogP contribution >= 0.6 is 11.3 Å². The average Bonchev–Trinajstić information content (AvgIpc) is 3.35. The van der Waals surface area contributed by atoms with Gasteiger partial charge in [0.2, 0.25) is 0 Å². The molecule has 4 rings (SSSR count). The summed E-state index contributed by atoms with van der Waals surface area (Å²) in [4.78, 5) is 34.9. The molecule has 2 amide bonds. The molecule has 3 heterocycles. The SMILES string of the molecule is CCCOC1CN(c2nc(C(=O)Nc3ccc(CN4CCOCC4)cc3C(=O)NCCOC)cs2)C1. The summed E-state index contributed by atoms with van der Waals surface area (Å²) in [5.41, 5.74) is 2.20. The molecule has 2 aliphatic rings. The van der Waals surface area contributed by atoms with E-state index < -0.39 is 0 Å². The zero-order chi connectivity index (χ0) is 25.3. The van der Waals surface area contributed by atoms with Crippen molar-refractivity contribution in [3.8, 4) is 0 Å². The molecule has 0 bridgehead atoms. The largest absolute Gasteiger partial charge is 0.383 e. The van der Waals surface area contributed by atoms with E-state index in [0.29, 0.717) is 49.9 Å². The van der Waals surface area contributed by atoms with Crippen molar-refractivity contribution < 1.29 is 23.8 Å². The van der Waals surface area contributed by atoms with Crippen LogP contribution in [0.3, 0.4) is 0 Å². The molecule has 36 heavy (non-hydrogen) atoms. The third kappa shape index (κ3) is 7.01. The Morgan fingerprint density at radius 2 is 2.00 bits per heavy atom.